The average Bonchev–Trinajstić information content (AvgIpc) is 2.83. The predicted octanol–water partition coefficient (Wildman–Crippen LogP) is 2.33. The van der Waals surface area contributed by atoms with Crippen molar-refractivity contribution in [1.82, 2.24) is 4.98 Å². The average molecular weight is 220 g/mol. The van der Waals surface area contributed by atoms with E-state index in [1.165, 1.54) is 5.56 Å². The molecule has 3 rings (SSSR count). The third-order valence-corrected chi connectivity index (χ3v) is 4.12. The molecule has 1 fully saturated rings. The normalized spacial score (nSPS) is 37.6. The summed E-state index contributed by atoms with van der Waals surface area (Å²) in [7, 11) is 0. The van der Waals surface area contributed by atoms with Gasteiger partial charge in [0.05, 0.1) is 0 Å². The first kappa shape index (κ1) is 10.2. The van der Waals surface area contributed by atoms with Crippen LogP contribution in [0.15, 0.2) is 18.3 Å². The van der Waals surface area contributed by atoms with Crippen molar-refractivity contribution in [2.24, 2.45) is 5.73 Å². The summed E-state index contributed by atoms with van der Waals surface area (Å²) < 4.78 is 14.8. The minimum atomic E-state index is -1.10. The van der Waals surface area contributed by atoms with Gasteiger partial charge in [-0.1, -0.05) is 6.07 Å². The van der Waals surface area contributed by atoms with Crippen LogP contribution in [0.5, 0.6) is 0 Å². The number of rotatable bonds is 1. The lowest BCUT2D eigenvalue weighted by molar-refractivity contribution is 0.127. The Bertz CT molecular complexity index is 407. The molecule has 0 aliphatic heterocycles. The number of halogens is 1. The van der Waals surface area contributed by atoms with Crippen molar-refractivity contribution in [2.45, 2.75) is 49.7 Å². The van der Waals surface area contributed by atoms with Crippen LogP contribution >= 0.6 is 0 Å². The predicted molar refractivity (Wildman–Crippen MR) is 61.0 cm³/mol. The molecule has 3 heteroatoms. The second-order valence-corrected chi connectivity index (χ2v) is 5.18. The molecule has 2 nitrogen and oxygen atoms in total. The van der Waals surface area contributed by atoms with Gasteiger partial charge in [0.2, 0.25) is 0 Å². The first-order valence-electron chi connectivity index (χ1n) is 6.07. The van der Waals surface area contributed by atoms with E-state index in [2.05, 4.69) is 11.1 Å². The van der Waals surface area contributed by atoms with E-state index in [-0.39, 0.29) is 12.0 Å². The molecule has 16 heavy (non-hydrogen) atoms. The molecule has 0 radical (unpaired) electrons. The van der Waals surface area contributed by atoms with Crippen molar-refractivity contribution in [3.05, 3.63) is 29.6 Å². The van der Waals surface area contributed by atoms with Gasteiger partial charge in [-0.2, -0.15) is 0 Å². The Morgan fingerprint density at radius 2 is 2.31 bits per heavy atom. The van der Waals surface area contributed by atoms with Gasteiger partial charge >= 0.3 is 0 Å². The van der Waals surface area contributed by atoms with Crippen LogP contribution in [0.25, 0.3) is 0 Å². The highest BCUT2D eigenvalue weighted by Crippen LogP contribution is 2.49. The van der Waals surface area contributed by atoms with E-state index in [1.54, 1.807) is 6.20 Å². The summed E-state index contributed by atoms with van der Waals surface area (Å²) in [5.41, 5.74) is 6.95. The van der Waals surface area contributed by atoms with Crippen LogP contribution in [-0.2, 0) is 6.42 Å². The number of aryl methyl sites for hydroxylation is 1. The van der Waals surface area contributed by atoms with Crippen molar-refractivity contribution in [1.29, 1.82) is 0 Å². The molecule has 3 atom stereocenters. The molecular weight excluding hydrogens is 203 g/mol. The van der Waals surface area contributed by atoms with Gasteiger partial charge in [-0.15, -0.1) is 0 Å². The number of pyridine rings is 1. The van der Waals surface area contributed by atoms with E-state index in [0.717, 1.165) is 25.0 Å². The summed E-state index contributed by atoms with van der Waals surface area (Å²) in [6.07, 6.45) is 5.57. The van der Waals surface area contributed by atoms with Gasteiger partial charge in [0, 0.05) is 23.9 Å². The van der Waals surface area contributed by atoms with E-state index in [1.807, 2.05) is 6.07 Å². The van der Waals surface area contributed by atoms with Crippen molar-refractivity contribution in [3.8, 4) is 0 Å². The lowest BCUT2D eigenvalue weighted by atomic mass is 9.85. The van der Waals surface area contributed by atoms with Crippen LogP contribution in [0, 0.1) is 0 Å². The standard InChI is InChI=1S/C13H17FN2/c14-13(6-5-10(15)8-13)11-4-3-9-2-1-7-16-12(9)11/h1-2,7,10-11H,3-6,8,15H2. The lowest BCUT2D eigenvalue weighted by Gasteiger charge is -2.26. The van der Waals surface area contributed by atoms with Gasteiger partial charge in [0.1, 0.15) is 5.67 Å². The van der Waals surface area contributed by atoms with E-state index >= 15 is 0 Å². The highest BCUT2D eigenvalue weighted by atomic mass is 19.1. The molecule has 86 valence electrons. The number of aromatic nitrogens is 1. The minimum Gasteiger partial charge on any atom is -0.328 e. The molecule has 2 aliphatic rings. The van der Waals surface area contributed by atoms with Gasteiger partial charge in [-0.05, 0) is 43.7 Å². The summed E-state index contributed by atoms with van der Waals surface area (Å²) >= 11 is 0. The van der Waals surface area contributed by atoms with Crippen molar-refractivity contribution >= 4 is 0 Å². The zero-order chi connectivity index (χ0) is 11.2. The van der Waals surface area contributed by atoms with Gasteiger partial charge in [-0.3, -0.25) is 4.98 Å². The van der Waals surface area contributed by atoms with Crippen molar-refractivity contribution in [3.63, 3.8) is 0 Å². The Morgan fingerprint density at radius 1 is 1.44 bits per heavy atom. The molecule has 0 aromatic carbocycles. The lowest BCUT2D eigenvalue weighted by Crippen LogP contribution is -2.30. The van der Waals surface area contributed by atoms with Crippen LogP contribution in [-0.4, -0.2) is 16.7 Å². The molecule has 2 aliphatic carbocycles. The number of hydrogen-bond donors (Lipinski definition) is 1. The Hall–Kier alpha value is -0.960. The SMILES string of the molecule is NC1CCC(F)(C2CCc3cccnc32)C1. The molecule has 1 aromatic rings. The summed E-state index contributed by atoms with van der Waals surface area (Å²) in [6, 6.07) is 4.05. The number of nitrogens with zero attached hydrogens (tertiary/aromatic N) is 1. The van der Waals surface area contributed by atoms with E-state index < -0.39 is 5.67 Å². The van der Waals surface area contributed by atoms with E-state index in [4.69, 9.17) is 5.73 Å². The third kappa shape index (κ3) is 1.46. The van der Waals surface area contributed by atoms with Crippen LogP contribution in [0.3, 0.4) is 0 Å². The third-order valence-electron chi connectivity index (χ3n) is 4.12. The summed E-state index contributed by atoms with van der Waals surface area (Å²) in [4.78, 5) is 4.37. The second kappa shape index (κ2) is 3.52. The molecule has 2 N–H and O–H groups in total. The Balaban J connectivity index is 1.93. The molecule has 1 aromatic heterocycles. The molecular formula is C13H17FN2. The first-order valence-corrected chi connectivity index (χ1v) is 6.07. The van der Waals surface area contributed by atoms with Gasteiger partial charge in [0.15, 0.2) is 0 Å². The summed E-state index contributed by atoms with van der Waals surface area (Å²) in [5, 5.41) is 0. The maximum atomic E-state index is 14.8. The Kier molecular flexibility index (Phi) is 2.25. The molecule has 0 saturated heterocycles. The first-order chi connectivity index (χ1) is 7.69. The zero-order valence-electron chi connectivity index (χ0n) is 9.32. The van der Waals surface area contributed by atoms with Crippen molar-refractivity contribution < 1.29 is 4.39 Å². The fourth-order valence-electron chi connectivity index (χ4n) is 3.30. The van der Waals surface area contributed by atoms with E-state index in [9.17, 15) is 4.39 Å². The van der Waals surface area contributed by atoms with E-state index in [0.29, 0.717) is 12.8 Å². The smallest absolute Gasteiger partial charge is 0.121 e. The zero-order valence-corrected chi connectivity index (χ0v) is 9.32. The monoisotopic (exact) mass is 220 g/mol. The Morgan fingerprint density at radius 3 is 3.06 bits per heavy atom. The molecule has 0 spiro atoms. The number of nitrogens with two attached hydrogens (primary N) is 1. The fraction of sp³-hybridized carbons (Fsp3) is 0.615. The van der Waals surface area contributed by atoms with Crippen LogP contribution in [0.4, 0.5) is 4.39 Å². The van der Waals surface area contributed by atoms with Gasteiger partial charge in [0.25, 0.3) is 0 Å². The molecule has 0 bridgehead atoms. The number of hydrogen-bond acceptors (Lipinski definition) is 2. The summed E-state index contributed by atoms with van der Waals surface area (Å²) in [6.45, 7) is 0. The molecule has 1 saturated carbocycles. The number of fused-ring (bicyclic) bond motifs is 1. The maximum Gasteiger partial charge on any atom is 0.121 e. The van der Waals surface area contributed by atoms with Crippen LogP contribution < -0.4 is 5.73 Å². The summed E-state index contributed by atoms with van der Waals surface area (Å²) in [5.74, 6) is -0.0164. The topological polar surface area (TPSA) is 38.9 Å². The van der Waals surface area contributed by atoms with Crippen LogP contribution in [0.2, 0.25) is 0 Å². The molecule has 0 amide bonds. The molecule has 1 heterocycles. The molecule has 3 unspecified atom stereocenters. The quantitative estimate of drug-likeness (QED) is 0.789. The maximum absolute atomic E-state index is 14.8. The minimum absolute atomic E-state index is 0.0164. The highest BCUT2D eigenvalue weighted by Gasteiger charge is 2.47. The van der Waals surface area contributed by atoms with Gasteiger partial charge in [-0.25, -0.2) is 4.39 Å². The van der Waals surface area contributed by atoms with Crippen molar-refractivity contribution in [2.75, 3.05) is 0 Å². The highest BCUT2D eigenvalue weighted by molar-refractivity contribution is 5.31. The second-order valence-electron chi connectivity index (χ2n) is 5.18. The Labute approximate surface area is 95.1 Å². The fourth-order valence-corrected chi connectivity index (χ4v) is 3.30. The van der Waals surface area contributed by atoms with Crippen LogP contribution in [0.1, 0.15) is 42.9 Å². The number of alkyl halides is 1. The largest absolute Gasteiger partial charge is 0.328 e. The van der Waals surface area contributed by atoms with Gasteiger partial charge < -0.3 is 5.73 Å².